The van der Waals surface area contributed by atoms with E-state index < -0.39 is 0 Å². The molecule has 0 radical (unpaired) electrons. The summed E-state index contributed by atoms with van der Waals surface area (Å²) in [6.07, 6.45) is 7.33. The van der Waals surface area contributed by atoms with Crippen molar-refractivity contribution in [3.63, 3.8) is 0 Å². The molecule has 0 aromatic rings. The number of rotatable bonds is 7. The minimum Gasteiger partial charge on any atom is -0.316 e. The first-order valence-corrected chi connectivity index (χ1v) is 6.32. The third-order valence-electron chi connectivity index (χ3n) is 2.51. The molecule has 0 rings (SSSR count). The largest absolute Gasteiger partial charge is 0.316 e. The lowest BCUT2D eigenvalue weighted by Gasteiger charge is -2.17. The second-order valence-corrected chi connectivity index (χ2v) is 5.65. The zero-order valence-electron chi connectivity index (χ0n) is 11.3. The van der Waals surface area contributed by atoms with Crippen molar-refractivity contribution < 1.29 is 0 Å². The van der Waals surface area contributed by atoms with Gasteiger partial charge in [-0.05, 0) is 51.1 Å². The normalized spacial score (nSPS) is 13.3. The van der Waals surface area contributed by atoms with Crippen molar-refractivity contribution in [1.29, 1.82) is 0 Å². The highest BCUT2D eigenvalue weighted by Gasteiger charge is 2.09. The number of allylic oxidation sites excluding steroid dienone is 1. The maximum Gasteiger partial charge on any atom is -0.00142 e. The van der Waals surface area contributed by atoms with Crippen LogP contribution >= 0.6 is 0 Å². The van der Waals surface area contributed by atoms with Gasteiger partial charge in [0.15, 0.2) is 0 Å². The van der Waals surface area contributed by atoms with E-state index in [0.717, 1.165) is 13.1 Å². The van der Waals surface area contributed by atoms with Crippen LogP contribution in [-0.2, 0) is 0 Å². The average molecular weight is 211 g/mol. The average Bonchev–Trinajstić information content (AvgIpc) is 2.13. The maximum absolute atomic E-state index is 3.42. The van der Waals surface area contributed by atoms with Crippen LogP contribution in [0.2, 0.25) is 0 Å². The van der Waals surface area contributed by atoms with Gasteiger partial charge in [-0.3, -0.25) is 0 Å². The van der Waals surface area contributed by atoms with Crippen LogP contribution in [0, 0.1) is 5.41 Å². The zero-order valence-corrected chi connectivity index (χ0v) is 11.3. The summed E-state index contributed by atoms with van der Waals surface area (Å²) in [7, 11) is 0. The van der Waals surface area contributed by atoms with Crippen LogP contribution in [0.3, 0.4) is 0 Å². The first-order chi connectivity index (χ1) is 6.95. The van der Waals surface area contributed by atoms with Crippen LogP contribution in [0.15, 0.2) is 11.6 Å². The fourth-order valence-electron chi connectivity index (χ4n) is 1.40. The van der Waals surface area contributed by atoms with Gasteiger partial charge in [0.05, 0.1) is 0 Å². The Kier molecular flexibility index (Phi) is 7.76. The Morgan fingerprint density at radius 1 is 1.20 bits per heavy atom. The lowest BCUT2D eigenvalue weighted by Crippen LogP contribution is -2.15. The Labute approximate surface area is 96.3 Å². The smallest absolute Gasteiger partial charge is 0.00142 e. The molecular weight excluding hydrogens is 182 g/mol. The topological polar surface area (TPSA) is 12.0 Å². The second-order valence-electron chi connectivity index (χ2n) is 5.65. The summed E-state index contributed by atoms with van der Waals surface area (Å²) in [5, 5.41) is 3.42. The fourth-order valence-corrected chi connectivity index (χ4v) is 1.40. The molecule has 15 heavy (non-hydrogen) atoms. The highest BCUT2D eigenvalue weighted by Crippen LogP contribution is 2.23. The van der Waals surface area contributed by atoms with Crippen LogP contribution in [0.4, 0.5) is 0 Å². The predicted octanol–water partition coefficient (Wildman–Crippen LogP) is 4.15. The standard InChI is InChI=1S/C14H29N/c1-6-11-15-12-7-8-13(2)9-10-14(3,4)5/h8,15H,6-7,9-12H2,1-5H3. The molecule has 0 atom stereocenters. The quantitative estimate of drug-likeness (QED) is 0.493. The zero-order chi connectivity index (χ0) is 11.7. The van der Waals surface area contributed by atoms with E-state index in [1.807, 2.05) is 0 Å². The first kappa shape index (κ1) is 14.7. The molecule has 0 unspecified atom stereocenters. The monoisotopic (exact) mass is 211 g/mol. The highest BCUT2D eigenvalue weighted by molar-refractivity contribution is 4.98. The first-order valence-electron chi connectivity index (χ1n) is 6.32. The van der Waals surface area contributed by atoms with Crippen LogP contribution in [0.5, 0.6) is 0 Å². The molecule has 0 aromatic heterocycles. The molecule has 0 aliphatic heterocycles. The number of hydrogen-bond donors (Lipinski definition) is 1. The third-order valence-corrected chi connectivity index (χ3v) is 2.51. The molecule has 1 N–H and O–H groups in total. The van der Waals surface area contributed by atoms with Gasteiger partial charge in [-0.2, -0.15) is 0 Å². The Hall–Kier alpha value is -0.300. The van der Waals surface area contributed by atoms with Crippen LogP contribution in [-0.4, -0.2) is 13.1 Å². The van der Waals surface area contributed by atoms with Gasteiger partial charge in [-0.1, -0.05) is 39.3 Å². The minimum absolute atomic E-state index is 0.468. The summed E-state index contributed by atoms with van der Waals surface area (Å²) in [5.41, 5.74) is 2.01. The molecule has 0 heterocycles. The van der Waals surface area contributed by atoms with Crippen molar-refractivity contribution in [2.45, 2.75) is 60.3 Å². The number of hydrogen-bond acceptors (Lipinski definition) is 1. The van der Waals surface area contributed by atoms with E-state index in [-0.39, 0.29) is 0 Å². The molecule has 0 fully saturated rings. The molecule has 0 aromatic carbocycles. The van der Waals surface area contributed by atoms with Gasteiger partial charge in [0.1, 0.15) is 0 Å². The summed E-state index contributed by atoms with van der Waals surface area (Å²) in [5.74, 6) is 0. The molecule has 1 heteroatoms. The van der Waals surface area contributed by atoms with E-state index in [1.165, 1.54) is 25.7 Å². The molecule has 0 saturated carbocycles. The Bertz CT molecular complexity index is 174. The van der Waals surface area contributed by atoms with Crippen molar-refractivity contribution in [3.05, 3.63) is 11.6 Å². The van der Waals surface area contributed by atoms with Gasteiger partial charge in [0.2, 0.25) is 0 Å². The number of nitrogens with one attached hydrogen (secondary N) is 1. The van der Waals surface area contributed by atoms with Crippen LogP contribution in [0.25, 0.3) is 0 Å². The van der Waals surface area contributed by atoms with Gasteiger partial charge in [-0.15, -0.1) is 0 Å². The van der Waals surface area contributed by atoms with E-state index in [9.17, 15) is 0 Å². The Morgan fingerprint density at radius 2 is 1.87 bits per heavy atom. The van der Waals surface area contributed by atoms with E-state index in [4.69, 9.17) is 0 Å². The van der Waals surface area contributed by atoms with Crippen molar-refractivity contribution in [3.8, 4) is 0 Å². The highest BCUT2D eigenvalue weighted by atomic mass is 14.8. The second kappa shape index (κ2) is 7.92. The summed E-state index contributed by atoms with van der Waals surface area (Å²) in [6, 6.07) is 0. The summed E-state index contributed by atoms with van der Waals surface area (Å²) in [6.45, 7) is 13.7. The summed E-state index contributed by atoms with van der Waals surface area (Å²) in [4.78, 5) is 0. The molecule has 0 bridgehead atoms. The fraction of sp³-hybridized carbons (Fsp3) is 0.857. The summed E-state index contributed by atoms with van der Waals surface area (Å²) >= 11 is 0. The van der Waals surface area contributed by atoms with Gasteiger partial charge >= 0.3 is 0 Å². The molecule has 0 amide bonds. The van der Waals surface area contributed by atoms with Gasteiger partial charge in [-0.25, -0.2) is 0 Å². The van der Waals surface area contributed by atoms with E-state index in [2.05, 4.69) is 46.0 Å². The van der Waals surface area contributed by atoms with E-state index in [1.54, 1.807) is 5.57 Å². The molecule has 0 spiro atoms. The third kappa shape index (κ3) is 11.6. The van der Waals surface area contributed by atoms with Gasteiger partial charge in [0, 0.05) is 0 Å². The lowest BCUT2D eigenvalue weighted by atomic mass is 9.89. The van der Waals surface area contributed by atoms with Crippen LogP contribution < -0.4 is 5.32 Å². The van der Waals surface area contributed by atoms with Crippen molar-refractivity contribution in [2.75, 3.05) is 13.1 Å². The van der Waals surface area contributed by atoms with Gasteiger partial charge in [0.25, 0.3) is 0 Å². The Balaban J connectivity index is 3.52. The van der Waals surface area contributed by atoms with E-state index >= 15 is 0 Å². The van der Waals surface area contributed by atoms with Crippen molar-refractivity contribution in [1.82, 2.24) is 5.32 Å². The van der Waals surface area contributed by atoms with Crippen molar-refractivity contribution >= 4 is 0 Å². The van der Waals surface area contributed by atoms with Crippen LogP contribution in [0.1, 0.15) is 60.3 Å². The Morgan fingerprint density at radius 3 is 2.40 bits per heavy atom. The van der Waals surface area contributed by atoms with Gasteiger partial charge < -0.3 is 5.32 Å². The predicted molar refractivity (Wildman–Crippen MR) is 70.2 cm³/mol. The molecular formula is C14H29N. The minimum atomic E-state index is 0.468. The summed E-state index contributed by atoms with van der Waals surface area (Å²) < 4.78 is 0. The maximum atomic E-state index is 3.42. The molecule has 0 aliphatic carbocycles. The molecule has 0 aliphatic rings. The molecule has 1 nitrogen and oxygen atoms in total. The molecule has 0 saturated heterocycles. The SMILES string of the molecule is CCCNCCC=C(C)CCC(C)(C)C. The van der Waals surface area contributed by atoms with Crippen molar-refractivity contribution in [2.24, 2.45) is 5.41 Å². The van der Waals surface area contributed by atoms with E-state index in [0.29, 0.717) is 5.41 Å². The lowest BCUT2D eigenvalue weighted by molar-refractivity contribution is 0.377. The molecule has 90 valence electrons.